The Labute approximate surface area is 135 Å². The number of carbonyl (C=O) groups excluding carboxylic acids is 1. The van der Waals surface area contributed by atoms with E-state index in [4.69, 9.17) is 5.11 Å². The van der Waals surface area contributed by atoms with Gasteiger partial charge in [0.15, 0.2) is 0 Å². The lowest BCUT2D eigenvalue weighted by Crippen LogP contribution is -2.40. The highest BCUT2D eigenvalue weighted by molar-refractivity contribution is 5.91. The minimum Gasteiger partial charge on any atom is -0.394 e. The molecule has 124 valence electrons. The molecule has 23 heavy (non-hydrogen) atoms. The van der Waals surface area contributed by atoms with Gasteiger partial charge in [-0.05, 0) is 39.2 Å². The Kier molecular flexibility index (Phi) is 5.81. The van der Waals surface area contributed by atoms with E-state index in [0.717, 1.165) is 18.5 Å². The molecule has 0 aromatic carbocycles. The van der Waals surface area contributed by atoms with Crippen LogP contribution in [0.3, 0.4) is 0 Å². The second-order valence-corrected chi connectivity index (χ2v) is 5.85. The van der Waals surface area contributed by atoms with Crippen LogP contribution in [0, 0.1) is 0 Å². The largest absolute Gasteiger partial charge is 0.394 e. The Morgan fingerprint density at radius 1 is 1.43 bits per heavy atom. The van der Waals surface area contributed by atoms with E-state index in [-0.39, 0.29) is 23.9 Å². The Balaban J connectivity index is 0.000000433. The first-order chi connectivity index (χ1) is 11.0. The standard InChI is InChI=1S/C13H15N5O.C3H8O/c1-18-8-14-7-11(18)10-5-6-15-12(17-10)13(19)16-9-3-2-4-9;1-3(2)4/h5-9H,2-4H2,1H3,(H,16,19);3-4H,1-2H3. The number of nitrogens with one attached hydrogen (secondary N) is 1. The molecular weight excluding hydrogens is 294 g/mol. The van der Waals surface area contributed by atoms with Crippen LogP contribution in [0.5, 0.6) is 0 Å². The Bertz CT molecular complexity index is 647. The summed E-state index contributed by atoms with van der Waals surface area (Å²) in [6.07, 6.45) is 8.13. The number of aliphatic hydroxyl groups is 1. The molecule has 7 heteroatoms. The van der Waals surface area contributed by atoms with Crippen LogP contribution in [0.2, 0.25) is 0 Å². The number of hydrogen-bond acceptors (Lipinski definition) is 5. The Morgan fingerprint density at radius 2 is 2.13 bits per heavy atom. The van der Waals surface area contributed by atoms with Crippen molar-refractivity contribution >= 4 is 5.91 Å². The van der Waals surface area contributed by atoms with Gasteiger partial charge in [-0.25, -0.2) is 15.0 Å². The summed E-state index contributed by atoms with van der Waals surface area (Å²) in [4.78, 5) is 24.4. The maximum atomic E-state index is 12.0. The predicted octanol–water partition coefficient (Wildman–Crippen LogP) is 1.55. The van der Waals surface area contributed by atoms with Crippen molar-refractivity contribution in [3.8, 4) is 11.4 Å². The van der Waals surface area contributed by atoms with Crippen molar-refractivity contribution in [3.63, 3.8) is 0 Å². The van der Waals surface area contributed by atoms with E-state index >= 15 is 0 Å². The molecule has 2 heterocycles. The van der Waals surface area contributed by atoms with Gasteiger partial charge in [0.25, 0.3) is 5.91 Å². The average molecular weight is 317 g/mol. The fourth-order valence-electron chi connectivity index (χ4n) is 2.02. The first kappa shape index (κ1) is 17.1. The van der Waals surface area contributed by atoms with Crippen LogP contribution in [0.15, 0.2) is 24.8 Å². The van der Waals surface area contributed by atoms with E-state index in [0.29, 0.717) is 5.69 Å². The zero-order chi connectivity index (χ0) is 16.8. The number of aryl methyl sites for hydroxylation is 1. The summed E-state index contributed by atoms with van der Waals surface area (Å²) in [5, 5.41) is 11.0. The number of aliphatic hydroxyl groups excluding tert-OH is 1. The molecule has 1 aliphatic rings. The number of aromatic nitrogens is 4. The molecule has 3 rings (SSSR count). The molecule has 0 radical (unpaired) electrons. The van der Waals surface area contributed by atoms with Crippen LogP contribution >= 0.6 is 0 Å². The Morgan fingerprint density at radius 3 is 2.65 bits per heavy atom. The molecule has 2 aromatic heterocycles. The monoisotopic (exact) mass is 317 g/mol. The number of rotatable bonds is 3. The normalized spacial score (nSPS) is 14.0. The molecule has 0 aliphatic heterocycles. The topological polar surface area (TPSA) is 92.9 Å². The lowest BCUT2D eigenvalue weighted by molar-refractivity contribution is 0.0906. The van der Waals surface area contributed by atoms with E-state index in [9.17, 15) is 4.79 Å². The molecule has 1 fully saturated rings. The zero-order valence-corrected chi connectivity index (χ0v) is 13.7. The lowest BCUT2D eigenvalue weighted by Gasteiger charge is -2.25. The van der Waals surface area contributed by atoms with Gasteiger partial charge in [0.2, 0.25) is 5.82 Å². The van der Waals surface area contributed by atoms with Crippen molar-refractivity contribution in [1.29, 1.82) is 0 Å². The third-order valence-electron chi connectivity index (χ3n) is 3.38. The minimum atomic E-state index is -0.200. The van der Waals surface area contributed by atoms with Gasteiger partial charge in [0, 0.05) is 25.4 Å². The van der Waals surface area contributed by atoms with E-state index < -0.39 is 0 Å². The maximum absolute atomic E-state index is 12.0. The van der Waals surface area contributed by atoms with Crippen LogP contribution in [-0.2, 0) is 7.05 Å². The molecule has 0 unspecified atom stereocenters. The first-order valence-electron chi connectivity index (χ1n) is 7.76. The van der Waals surface area contributed by atoms with Gasteiger partial charge in [-0.3, -0.25) is 4.79 Å². The lowest BCUT2D eigenvalue weighted by atomic mass is 9.93. The van der Waals surface area contributed by atoms with Gasteiger partial charge < -0.3 is 15.0 Å². The van der Waals surface area contributed by atoms with Crippen molar-refractivity contribution in [2.45, 2.75) is 45.3 Å². The molecule has 0 saturated heterocycles. The van der Waals surface area contributed by atoms with Gasteiger partial charge in [-0.15, -0.1) is 0 Å². The number of nitrogens with zero attached hydrogens (tertiary/aromatic N) is 4. The van der Waals surface area contributed by atoms with Gasteiger partial charge in [0.1, 0.15) is 0 Å². The molecule has 0 spiro atoms. The summed E-state index contributed by atoms with van der Waals surface area (Å²) < 4.78 is 1.86. The van der Waals surface area contributed by atoms with Gasteiger partial charge in [0.05, 0.1) is 23.9 Å². The maximum Gasteiger partial charge on any atom is 0.289 e. The fraction of sp³-hybridized carbons (Fsp3) is 0.500. The summed E-state index contributed by atoms with van der Waals surface area (Å²) in [5.74, 6) is 0.0133. The van der Waals surface area contributed by atoms with Crippen molar-refractivity contribution in [1.82, 2.24) is 24.8 Å². The molecule has 1 amide bonds. The van der Waals surface area contributed by atoms with Gasteiger partial charge in [-0.2, -0.15) is 0 Å². The fourth-order valence-corrected chi connectivity index (χ4v) is 2.02. The summed E-state index contributed by atoms with van der Waals surface area (Å²) in [6, 6.07) is 2.06. The van der Waals surface area contributed by atoms with Crippen LogP contribution in [0.4, 0.5) is 0 Å². The van der Waals surface area contributed by atoms with Gasteiger partial charge in [-0.1, -0.05) is 0 Å². The molecular formula is C16H23N5O2. The number of hydrogen-bond donors (Lipinski definition) is 2. The number of amides is 1. The van der Waals surface area contributed by atoms with Crippen molar-refractivity contribution < 1.29 is 9.90 Å². The molecule has 7 nitrogen and oxygen atoms in total. The average Bonchev–Trinajstić information content (AvgIpc) is 2.88. The van der Waals surface area contributed by atoms with Crippen LogP contribution in [0.25, 0.3) is 11.4 Å². The van der Waals surface area contributed by atoms with E-state index in [2.05, 4.69) is 20.3 Å². The third-order valence-corrected chi connectivity index (χ3v) is 3.38. The number of carbonyl (C=O) groups is 1. The van der Waals surface area contributed by atoms with Crippen molar-refractivity contribution in [2.75, 3.05) is 0 Å². The summed E-state index contributed by atoms with van der Waals surface area (Å²) >= 11 is 0. The van der Waals surface area contributed by atoms with E-state index in [1.165, 1.54) is 6.42 Å². The molecule has 2 aromatic rings. The first-order valence-corrected chi connectivity index (χ1v) is 7.76. The zero-order valence-electron chi connectivity index (χ0n) is 13.7. The highest BCUT2D eigenvalue weighted by atomic mass is 16.3. The predicted molar refractivity (Wildman–Crippen MR) is 86.7 cm³/mol. The molecule has 2 N–H and O–H groups in total. The molecule has 0 atom stereocenters. The summed E-state index contributed by atoms with van der Waals surface area (Å²) in [7, 11) is 1.89. The minimum absolute atomic E-state index is 0.167. The molecule has 0 bridgehead atoms. The third kappa shape index (κ3) is 4.85. The van der Waals surface area contributed by atoms with Crippen molar-refractivity contribution in [3.05, 3.63) is 30.6 Å². The van der Waals surface area contributed by atoms with Crippen LogP contribution in [-0.4, -0.2) is 42.7 Å². The highest BCUT2D eigenvalue weighted by Crippen LogP contribution is 2.19. The molecule has 1 saturated carbocycles. The van der Waals surface area contributed by atoms with Gasteiger partial charge >= 0.3 is 0 Å². The van der Waals surface area contributed by atoms with Crippen LogP contribution < -0.4 is 5.32 Å². The second kappa shape index (κ2) is 7.82. The SMILES string of the molecule is CC(C)O.Cn1cncc1-c1ccnc(C(=O)NC2CCC2)n1. The summed E-state index contributed by atoms with van der Waals surface area (Å²) in [5.41, 5.74) is 1.56. The number of imidazole rings is 1. The van der Waals surface area contributed by atoms with E-state index in [1.807, 2.05) is 11.6 Å². The van der Waals surface area contributed by atoms with Crippen LogP contribution in [0.1, 0.15) is 43.7 Å². The highest BCUT2D eigenvalue weighted by Gasteiger charge is 2.21. The summed E-state index contributed by atoms with van der Waals surface area (Å²) in [6.45, 7) is 3.44. The molecule has 1 aliphatic carbocycles. The van der Waals surface area contributed by atoms with Crippen molar-refractivity contribution in [2.24, 2.45) is 7.05 Å². The smallest absolute Gasteiger partial charge is 0.289 e. The quantitative estimate of drug-likeness (QED) is 0.896. The second-order valence-electron chi connectivity index (χ2n) is 5.85. The van der Waals surface area contributed by atoms with E-state index in [1.54, 1.807) is 38.6 Å². The Hall–Kier alpha value is -2.28.